The summed E-state index contributed by atoms with van der Waals surface area (Å²) in [7, 11) is 3.10. The Hall–Kier alpha value is -1.75. The molecule has 0 amide bonds. The van der Waals surface area contributed by atoms with Crippen molar-refractivity contribution >= 4 is 5.97 Å². The molecule has 5 heteroatoms. The van der Waals surface area contributed by atoms with Gasteiger partial charge in [0.05, 0.1) is 38.4 Å². The van der Waals surface area contributed by atoms with Gasteiger partial charge in [-0.2, -0.15) is 0 Å². The number of furan rings is 1. The Bertz CT molecular complexity index is 380. The van der Waals surface area contributed by atoms with Gasteiger partial charge < -0.3 is 18.6 Å². The molecule has 0 saturated heterocycles. The molecule has 0 bridgehead atoms. The number of methoxy groups -OCH3 is 2. The Morgan fingerprint density at radius 1 is 1.50 bits per heavy atom. The molecule has 0 aromatic carbocycles. The van der Waals surface area contributed by atoms with Crippen LogP contribution in [-0.2, 0) is 19.0 Å². The molecule has 1 unspecified atom stereocenters. The van der Waals surface area contributed by atoms with E-state index in [-0.39, 0.29) is 6.10 Å². The second kappa shape index (κ2) is 7.55. The number of hydrogen-bond acceptors (Lipinski definition) is 5. The monoisotopic (exact) mass is 254 g/mol. The van der Waals surface area contributed by atoms with Crippen molar-refractivity contribution in [3.63, 3.8) is 0 Å². The van der Waals surface area contributed by atoms with Gasteiger partial charge in [0.25, 0.3) is 0 Å². The third-order valence-corrected chi connectivity index (χ3v) is 2.41. The first-order valence-corrected chi connectivity index (χ1v) is 5.67. The van der Waals surface area contributed by atoms with Crippen molar-refractivity contribution in [3.8, 4) is 0 Å². The van der Waals surface area contributed by atoms with Crippen LogP contribution in [0.4, 0.5) is 0 Å². The van der Waals surface area contributed by atoms with Crippen LogP contribution in [0.5, 0.6) is 0 Å². The number of carbonyl (C=O) groups excluding carboxylic acids is 1. The third kappa shape index (κ3) is 4.25. The fraction of sp³-hybridized carbons (Fsp3) is 0.462. The van der Waals surface area contributed by atoms with Crippen LogP contribution in [0.3, 0.4) is 0 Å². The second-order valence-corrected chi connectivity index (χ2v) is 3.55. The predicted octanol–water partition coefficient (Wildman–Crippen LogP) is 2.45. The van der Waals surface area contributed by atoms with Crippen molar-refractivity contribution < 1.29 is 23.4 Å². The van der Waals surface area contributed by atoms with Crippen molar-refractivity contribution in [2.24, 2.45) is 0 Å². The molecule has 5 nitrogen and oxygen atoms in total. The zero-order valence-corrected chi connectivity index (χ0v) is 10.8. The van der Waals surface area contributed by atoms with E-state index in [0.29, 0.717) is 18.8 Å². The standard InChI is InChI=1S/C13H18O5/c1-4-18-13(14)8-11(15-2)7-12(16-3)10-5-6-17-9-10/h5-6,8-9,12H,4,7H2,1-3H3/b11-8+. The van der Waals surface area contributed by atoms with E-state index >= 15 is 0 Å². The summed E-state index contributed by atoms with van der Waals surface area (Å²) in [5.74, 6) is 0.0814. The van der Waals surface area contributed by atoms with E-state index in [1.807, 2.05) is 6.07 Å². The molecule has 1 aromatic rings. The van der Waals surface area contributed by atoms with E-state index in [1.165, 1.54) is 13.2 Å². The van der Waals surface area contributed by atoms with Gasteiger partial charge in [0.2, 0.25) is 0 Å². The molecule has 0 fully saturated rings. The molecule has 1 rings (SSSR count). The van der Waals surface area contributed by atoms with Crippen LogP contribution in [0.15, 0.2) is 34.8 Å². The van der Waals surface area contributed by atoms with Crippen LogP contribution in [0, 0.1) is 0 Å². The van der Waals surface area contributed by atoms with E-state index in [1.54, 1.807) is 26.6 Å². The minimum Gasteiger partial charge on any atom is -0.501 e. The van der Waals surface area contributed by atoms with Gasteiger partial charge in [0, 0.05) is 19.1 Å². The van der Waals surface area contributed by atoms with Crippen molar-refractivity contribution in [1.82, 2.24) is 0 Å². The normalized spacial score (nSPS) is 13.2. The first kappa shape index (κ1) is 14.3. The Morgan fingerprint density at radius 2 is 2.28 bits per heavy atom. The zero-order chi connectivity index (χ0) is 13.4. The Morgan fingerprint density at radius 3 is 2.78 bits per heavy atom. The summed E-state index contributed by atoms with van der Waals surface area (Å²) in [6.45, 7) is 2.09. The molecule has 100 valence electrons. The van der Waals surface area contributed by atoms with E-state index < -0.39 is 5.97 Å². The minimum atomic E-state index is -0.420. The van der Waals surface area contributed by atoms with Crippen LogP contribution >= 0.6 is 0 Å². The highest BCUT2D eigenvalue weighted by atomic mass is 16.5. The van der Waals surface area contributed by atoms with Crippen molar-refractivity contribution in [3.05, 3.63) is 36.0 Å². The first-order chi connectivity index (χ1) is 8.71. The minimum absolute atomic E-state index is 0.218. The molecule has 0 aliphatic heterocycles. The highest BCUT2D eigenvalue weighted by Crippen LogP contribution is 2.24. The van der Waals surface area contributed by atoms with Gasteiger partial charge in [0.15, 0.2) is 0 Å². The van der Waals surface area contributed by atoms with Crippen molar-refractivity contribution in [1.29, 1.82) is 0 Å². The molecular formula is C13H18O5. The zero-order valence-electron chi connectivity index (χ0n) is 10.8. The average molecular weight is 254 g/mol. The summed E-state index contributed by atoms with van der Waals surface area (Å²) < 4.78 is 20.3. The fourth-order valence-electron chi connectivity index (χ4n) is 1.49. The molecule has 18 heavy (non-hydrogen) atoms. The second-order valence-electron chi connectivity index (χ2n) is 3.55. The van der Waals surface area contributed by atoms with Crippen LogP contribution in [0.25, 0.3) is 0 Å². The van der Waals surface area contributed by atoms with Gasteiger partial charge >= 0.3 is 5.97 Å². The maximum absolute atomic E-state index is 11.3. The fourth-order valence-corrected chi connectivity index (χ4v) is 1.49. The van der Waals surface area contributed by atoms with Gasteiger partial charge in [-0.1, -0.05) is 0 Å². The van der Waals surface area contributed by atoms with Crippen LogP contribution < -0.4 is 0 Å². The first-order valence-electron chi connectivity index (χ1n) is 5.67. The average Bonchev–Trinajstić information content (AvgIpc) is 2.88. The van der Waals surface area contributed by atoms with E-state index in [2.05, 4.69) is 0 Å². The SMILES string of the molecule is CCOC(=O)/C=C(\CC(OC)c1ccoc1)OC. The summed E-state index contributed by atoms with van der Waals surface area (Å²) in [5.41, 5.74) is 0.893. The Labute approximate surface area is 106 Å². The number of esters is 1. The van der Waals surface area contributed by atoms with E-state index in [0.717, 1.165) is 5.56 Å². The smallest absolute Gasteiger partial charge is 0.334 e. The molecule has 1 atom stereocenters. The topological polar surface area (TPSA) is 57.9 Å². The lowest BCUT2D eigenvalue weighted by Gasteiger charge is -2.15. The van der Waals surface area contributed by atoms with Gasteiger partial charge in [0.1, 0.15) is 5.76 Å². The molecule has 0 spiro atoms. The number of carbonyl (C=O) groups is 1. The summed E-state index contributed by atoms with van der Waals surface area (Å²) >= 11 is 0. The molecule has 1 heterocycles. The molecule has 0 aliphatic rings. The lowest BCUT2D eigenvalue weighted by molar-refractivity contribution is -0.137. The lowest BCUT2D eigenvalue weighted by Crippen LogP contribution is -2.06. The molecular weight excluding hydrogens is 236 g/mol. The predicted molar refractivity (Wildman–Crippen MR) is 64.8 cm³/mol. The van der Waals surface area contributed by atoms with Gasteiger partial charge in [-0.15, -0.1) is 0 Å². The molecule has 0 radical (unpaired) electrons. The summed E-state index contributed by atoms with van der Waals surface area (Å²) in [4.78, 5) is 11.3. The Kier molecular flexibility index (Phi) is 6.00. The largest absolute Gasteiger partial charge is 0.501 e. The summed E-state index contributed by atoms with van der Waals surface area (Å²) in [6.07, 6.45) is 4.72. The van der Waals surface area contributed by atoms with Crippen molar-refractivity contribution in [2.75, 3.05) is 20.8 Å². The van der Waals surface area contributed by atoms with Crippen LogP contribution in [0.1, 0.15) is 25.0 Å². The van der Waals surface area contributed by atoms with Gasteiger partial charge in [-0.3, -0.25) is 0 Å². The molecule has 0 saturated carbocycles. The molecule has 0 N–H and O–H groups in total. The van der Waals surface area contributed by atoms with E-state index in [9.17, 15) is 4.79 Å². The summed E-state index contributed by atoms with van der Waals surface area (Å²) in [6, 6.07) is 1.81. The third-order valence-electron chi connectivity index (χ3n) is 2.41. The number of ether oxygens (including phenoxy) is 3. The molecule has 1 aromatic heterocycles. The number of rotatable bonds is 7. The molecule has 0 aliphatic carbocycles. The van der Waals surface area contributed by atoms with Crippen molar-refractivity contribution in [2.45, 2.75) is 19.4 Å². The lowest BCUT2D eigenvalue weighted by atomic mass is 10.1. The highest BCUT2D eigenvalue weighted by Gasteiger charge is 2.15. The van der Waals surface area contributed by atoms with Gasteiger partial charge in [-0.25, -0.2) is 4.79 Å². The Balaban J connectivity index is 2.69. The maximum atomic E-state index is 11.3. The number of hydrogen-bond donors (Lipinski definition) is 0. The quantitative estimate of drug-likeness (QED) is 0.425. The van der Waals surface area contributed by atoms with E-state index in [4.69, 9.17) is 18.6 Å². The van der Waals surface area contributed by atoms with Crippen LogP contribution in [-0.4, -0.2) is 26.8 Å². The van der Waals surface area contributed by atoms with Gasteiger partial charge in [-0.05, 0) is 13.0 Å². The maximum Gasteiger partial charge on any atom is 0.334 e. The highest BCUT2D eigenvalue weighted by molar-refractivity contribution is 5.82. The summed E-state index contributed by atoms with van der Waals surface area (Å²) in [5, 5.41) is 0. The van der Waals surface area contributed by atoms with Crippen LogP contribution in [0.2, 0.25) is 0 Å².